The van der Waals surface area contributed by atoms with Gasteiger partial charge in [-0.25, -0.2) is 8.42 Å². The molecule has 1 aliphatic heterocycles. The molecule has 1 aromatic rings. The van der Waals surface area contributed by atoms with Crippen molar-refractivity contribution in [3.05, 3.63) is 29.8 Å². The van der Waals surface area contributed by atoms with Gasteiger partial charge in [-0.15, -0.1) is 0 Å². The number of rotatable bonds is 6. The van der Waals surface area contributed by atoms with E-state index in [0.717, 1.165) is 31.2 Å². The third-order valence-electron chi connectivity index (χ3n) is 6.06. The molecule has 0 aromatic heterocycles. The lowest BCUT2D eigenvalue weighted by Gasteiger charge is -2.41. The number of benzene rings is 1. The van der Waals surface area contributed by atoms with Crippen molar-refractivity contribution in [3.63, 3.8) is 0 Å². The minimum atomic E-state index is -3.22. The lowest BCUT2D eigenvalue weighted by atomic mass is 9.64. The standard InChI is InChI=1S/C19H29N3O3S/c1-13-17(14(2)22-21-13)9-12-20-18(23)19(10-4-11-19)15-5-7-16(8-6-15)26(3,24)25/h5-8,13-14,17,21-22H,4,9-12H2,1-3H3,(H,20,23). The van der Waals surface area contributed by atoms with E-state index in [-0.39, 0.29) is 5.91 Å². The minimum Gasteiger partial charge on any atom is -0.355 e. The topological polar surface area (TPSA) is 87.3 Å². The summed E-state index contributed by atoms with van der Waals surface area (Å²) >= 11 is 0. The second-order valence-corrected chi connectivity index (χ2v) is 9.82. The summed E-state index contributed by atoms with van der Waals surface area (Å²) in [5.74, 6) is 0.553. The molecule has 0 spiro atoms. The highest BCUT2D eigenvalue weighted by molar-refractivity contribution is 7.90. The van der Waals surface area contributed by atoms with Crippen LogP contribution in [0.15, 0.2) is 29.2 Å². The largest absolute Gasteiger partial charge is 0.355 e. The van der Waals surface area contributed by atoms with Crippen LogP contribution in [0.3, 0.4) is 0 Å². The Kier molecular flexibility index (Phi) is 5.42. The maximum Gasteiger partial charge on any atom is 0.230 e. The Morgan fingerprint density at radius 2 is 1.73 bits per heavy atom. The van der Waals surface area contributed by atoms with Crippen LogP contribution in [0.25, 0.3) is 0 Å². The van der Waals surface area contributed by atoms with Crippen LogP contribution in [0.4, 0.5) is 0 Å². The van der Waals surface area contributed by atoms with Crippen LogP contribution in [0, 0.1) is 5.92 Å². The molecule has 144 valence electrons. The molecule has 3 N–H and O–H groups in total. The Morgan fingerprint density at radius 1 is 1.15 bits per heavy atom. The van der Waals surface area contributed by atoms with Gasteiger partial charge < -0.3 is 5.32 Å². The SMILES string of the molecule is CC1NNC(C)C1CCNC(=O)C1(c2ccc(S(C)(=O)=O)cc2)CCC1. The number of carbonyl (C=O) groups excluding carboxylic acids is 1. The van der Waals surface area contributed by atoms with Crippen molar-refractivity contribution in [2.45, 2.75) is 61.9 Å². The lowest BCUT2D eigenvalue weighted by molar-refractivity contribution is -0.130. The molecule has 1 heterocycles. The highest BCUT2D eigenvalue weighted by atomic mass is 32.2. The highest BCUT2D eigenvalue weighted by Crippen LogP contribution is 2.44. The van der Waals surface area contributed by atoms with Crippen molar-refractivity contribution < 1.29 is 13.2 Å². The molecule has 7 heteroatoms. The quantitative estimate of drug-likeness (QED) is 0.698. The second-order valence-electron chi connectivity index (χ2n) is 7.81. The normalized spacial score (nSPS) is 27.7. The lowest BCUT2D eigenvalue weighted by Crippen LogP contribution is -2.49. The zero-order valence-corrected chi connectivity index (χ0v) is 16.5. The predicted molar refractivity (Wildman–Crippen MR) is 101 cm³/mol. The summed E-state index contributed by atoms with van der Waals surface area (Å²) in [5, 5.41) is 3.12. The molecule has 1 aliphatic carbocycles. The van der Waals surface area contributed by atoms with E-state index < -0.39 is 15.3 Å². The molecule has 0 radical (unpaired) electrons. The molecule has 1 saturated heterocycles. The average Bonchev–Trinajstić information content (AvgIpc) is 2.85. The van der Waals surface area contributed by atoms with Gasteiger partial charge in [0.2, 0.25) is 5.91 Å². The zero-order valence-electron chi connectivity index (χ0n) is 15.7. The fourth-order valence-electron chi connectivity index (χ4n) is 4.13. The van der Waals surface area contributed by atoms with Crippen LogP contribution in [-0.2, 0) is 20.0 Å². The van der Waals surface area contributed by atoms with Gasteiger partial charge in [-0.1, -0.05) is 18.6 Å². The van der Waals surface area contributed by atoms with E-state index in [1.165, 1.54) is 6.26 Å². The first kappa shape index (κ1) is 19.3. The molecule has 6 nitrogen and oxygen atoms in total. The summed E-state index contributed by atoms with van der Waals surface area (Å²) in [4.78, 5) is 13.2. The van der Waals surface area contributed by atoms with Gasteiger partial charge in [-0.3, -0.25) is 15.6 Å². The second kappa shape index (κ2) is 7.29. The Bertz CT molecular complexity index is 747. The number of amides is 1. The molecule has 0 bridgehead atoms. The van der Waals surface area contributed by atoms with Crippen molar-refractivity contribution in [2.24, 2.45) is 5.92 Å². The molecule has 26 heavy (non-hydrogen) atoms. The summed E-state index contributed by atoms with van der Waals surface area (Å²) in [6.45, 7) is 4.96. The van der Waals surface area contributed by atoms with E-state index in [1.807, 2.05) is 0 Å². The first-order chi connectivity index (χ1) is 12.2. The molecule has 1 saturated carbocycles. The maximum absolute atomic E-state index is 12.9. The van der Waals surface area contributed by atoms with Crippen LogP contribution >= 0.6 is 0 Å². The van der Waals surface area contributed by atoms with Crippen molar-refractivity contribution in [3.8, 4) is 0 Å². The number of hydrogen-bond donors (Lipinski definition) is 3. The van der Waals surface area contributed by atoms with E-state index in [4.69, 9.17) is 0 Å². The number of nitrogens with one attached hydrogen (secondary N) is 3. The molecule has 2 fully saturated rings. The molecule has 1 amide bonds. The van der Waals surface area contributed by atoms with E-state index >= 15 is 0 Å². The van der Waals surface area contributed by atoms with E-state index in [1.54, 1.807) is 24.3 Å². The minimum absolute atomic E-state index is 0.0649. The van der Waals surface area contributed by atoms with Crippen molar-refractivity contribution in [1.82, 2.24) is 16.2 Å². The van der Waals surface area contributed by atoms with E-state index in [9.17, 15) is 13.2 Å². The van der Waals surface area contributed by atoms with Crippen LogP contribution < -0.4 is 16.2 Å². The monoisotopic (exact) mass is 379 g/mol. The van der Waals surface area contributed by atoms with E-state index in [2.05, 4.69) is 30.0 Å². The Morgan fingerprint density at radius 3 is 2.19 bits per heavy atom. The first-order valence-corrected chi connectivity index (χ1v) is 11.2. The molecule has 3 rings (SSSR count). The van der Waals surface area contributed by atoms with Crippen molar-refractivity contribution in [1.29, 1.82) is 0 Å². The summed E-state index contributed by atoms with van der Waals surface area (Å²) in [6, 6.07) is 7.59. The van der Waals surface area contributed by atoms with Crippen molar-refractivity contribution in [2.75, 3.05) is 12.8 Å². The fourth-order valence-corrected chi connectivity index (χ4v) is 4.76. The molecular weight excluding hydrogens is 350 g/mol. The first-order valence-electron chi connectivity index (χ1n) is 9.34. The van der Waals surface area contributed by atoms with Gasteiger partial charge in [-0.05, 0) is 56.7 Å². The van der Waals surface area contributed by atoms with Crippen LogP contribution in [-0.4, -0.2) is 39.2 Å². The molecule has 2 unspecified atom stereocenters. The van der Waals surface area contributed by atoms with Crippen LogP contribution in [0.5, 0.6) is 0 Å². The van der Waals surface area contributed by atoms with Gasteiger partial charge in [0.15, 0.2) is 9.84 Å². The van der Waals surface area contributed by atoms with Gasteiger partial charge >= 0.3 is 0 Å². The number of hydrogen-bond acceptors (Lipinski definition) is 5. The zero-order chi connectivity index (χ0) is 18.9. The van der Waals surface area contributed by atoms with Gasteiger partial charge in [0.1, 0.15) is 0 Å². The molecule has 2 aliphatic rings. The molecule has 2 atom stereocenters. The Balaban J connectivity index is 1.64. The summed E-state index contributed by atoms with van der Waals surface area (Å²) in [5.41, 5.74) is 6.90. The summed E-state index contributed by atoms with van der Waals surface area (Å²) in [7, 11) is -3.22. The van der Waals surface area contributed by atoms with Crippen LogP contribution in [0.1, 0.15) is 45.1 Å². The van der Waals surface area contributed by atoms with Crippen LogP contribution in [0.2, 0.25) is 0 Å². The summed E-state index contributed by atoms with van der Waals surface area (Å²) in [6.07, 6.45) is 4.78. The fraction of sp³-hybridized carbons (Fsp3) is 0.632. The number of sulfone groups is 1. The Labute approximate surface area is 156 Å². The maximum atomic E-state index is 12.9. The van der Waals surface area contributed by atoms with Gasteiger partial charge in [0.25, 0.3) is 0 Å². The third kappa shape index (κ3) is 3.66. The van der Waals surface area contributed by atoms with Gasteiger partial charge in [0.05, 0.1) is 10.3 Å². The van der Waals surface area contributed by atoms with Gasteiger partial charge in [-0.2, -0.15) is 0 Å². The Hall–Kier alpha value is -1.44. The van der Waals surface area contributed by atoms with E-state index in [0.29, 0.717) is 29.4 Å². The predicted octanol–water partition coefficient (Wildman–Crippen LogP) is 1.52. The van der Waals surface area contributed by atoms with Gasteiger partial charge in [0, 0.05) is 24.9 Å². The third-order valence-corrected chi connectivity index (χ3v) is 7.19. The highest BCUT2D eigenvalue weighted by Gasteiger charge is 2.45. The average molecular weight is 380 g/mol. The molecule has 1 aromatic carbocycles. The number of carbonyl (C=O) groups is 1. The number of hydrazine groups is 1. The summed E-state index contributed by atoms with van der Waals surface area (Å²) < 4.78 is 23.3. The smallest absolute Gasteiger partial charge is 0.230 e. The van der Waals surface area contributed by atoms with Crippen molar-refractivity contribution >= 4 is 15.7 Å². The molecular formula is C19H29N3O3S.